The Hall–Kier alpha value is -1.74. The molecule has 1 rings (SSSR count). The van der Waals surface area contributed by atoms with Gasteiger partial charge in [0, 0.05) is 5.56 Å². The molecule has 0 spiro atoms. The first kappa shape index (κ1) is 10.3. The Morgan fingerprint density at radius 2 is 1.86 bits per heavy atom. The number of carbonyl (C=O) groups excluding carboxylic acids is 2. The molecule has 0 heterocycles. The van der Waals surface area contributed by atoms with Crippen molar-refractivity contribution in [3.05, 3.63) is 48.6 Å². The van der Waals surface area contributed by atoms with E-state index < -0.39 is 11.8 Å². The monoisotopic (exact) mass is 189 g/mol. The van der Waals surface area contributed by atoms with Gasteiger partial charge >= 0.3 is 0 Å². The third-order valence-corrected chi connectivity index (χ3v) is 1.85. The van der Waals surface area contributed by atoms with Gasteiger partial charge < -0.3 is 5.73 Å². The molecular weight excluding hydrogens is 178 g/mol. The predicted octanol–water partition coefficient (Wildman–Crippen LogP) is 0.952. The van der Waals surface area contributed by atoms with Gasteiger partial charge in [0.15, 0.2) is 11.6 Å². The maximum absolute atomic E-state index is 11.6. The minimum atomic E-state index is -1.13. The summed E-state index contributed by atoms with van der Waals surface area (Å²) in [6.07, 6.45) is 1.06. The van der Waals surface area contributed by atoms with Crippen molar-refractivity contribution in [1.82, 2.24) is 0 Å². The quantitative estimate of drug-likeness (QED) is 0.436. The molecule has 1 atom stereocenters. The molecule has 1 aromatic carbocycles. The van der Waals surface area contributed by atoms with Crippen molar-refractivity contribution in [1.29, 1.82) is 0 Å². The highest BCUT2D eigenvalue weighted by molar-refractivity contribution is 6.16. The van der Waals surface area contributed by atoms with Crippen molar-refractivity contribution < 1.29 is 9.59 Å². The fraction of sp³-hybridized carbons (Fsp3) is 0.0909. The third kappa shape index (κ3) is 2.14. The Morgan fingerprint density at radius 1 is 1.29 bits per heavy atom. The van der Waals surface area contributed by atoms with Crippen LogP contribution >= 0.6 is 0 Å². The lowest BCUT2D eigenvalue weighted by atomic mass is 10.0. The van der Waals surface area contributed by atoms with E-state index in [-0.39, 0.29) is 5.78 Å². The highest BCUT2D eigenvalue weighted by Gasteiger charge is 2.20. The Labute approximate surface area is 82.2 Å². The molecule has 0 amide bonds. The molecule has 2 N–H and O–H groups in total. The molecule has 1 unspecified atom stereocenters. The fourth-order valence-corrected chi connectivity index (χ4v) is 1.04. The van der Waals surface area contributed by atoms with Gasteiger partial charge in [-0.2, -0.15) is 0 Å². The Morgan fingerprint density at radius 3 is 2.36 bits per heavy atom. The zero-order chi connectivity index (χ0) is 10.6. The Bertz CT molecular complexity index is 357. The van der Waals surface area contributed by atoms with Crippen LogP contribution in [0.5, 0.6) is 0 Å². The van der Waals surface area contributed by atoms with Crippen molar-refractivity contribution in [2.45, 2.75) is 6.04 Å². The number of benzene rings is 1. The molecule has 0 saturated carbocycles. The molecule has 0 aliphatic heterocycles. The minimum Gasteiger partial charge on any atom is -0.315 e. The fourth-order valence-electron chi connectivity index (χ4n) is 1.04. The van der Waals surface area contributed by atoms with Crippen molar-refractivity contribution in [2.75, 3.05) is 0 Å². The van der Waals surface area contributed by atoms with Gasteiger partial charge in [-0.05, 0) is 6.08 Å². The van der Waals surface area contributed by atoms with Crippen molar-refractivity contribution in [2.24, 2.45) is 5.73 Å². The molecule has 0 aliphatic carbocycles. The smallest absolute Gasteiger partial charge is 0.187 e. The first-order chi connectivity index (χ1) is 6.66. The minimum absolute atomic E-state index is 0.379. The zero-order valence-corrected chi connectivity index (χ0v) is 7.64. The third-order valence-electron chi connectivity index (χ3n) is 1.85. The van der Waals surface area contributed by atoms with Crippen molar-refractivity contribution in [3.63, 3.8) is 0 Å². The van der Waals surface area contributed by atoms with Crippen LogP contribution in [0.4, 0.5) is 0 Å². The van der Waals surface area contributed by atoms with Gasteiger partial charge in [0.25, 0.3) is 0 Å². The maximum Gasteiger partial charge on any atom is 0.187 e. The standard InChI is InChI=1S/C11H11NO2/c1-2-9(13)10(12)11(14)8-6-4-3-5-7-8/h2-7,10H,1,12H2. The number of hydrogen-bond donors (Lipinski definition) is 1. The summed E-state index contributed by atoms with van der Waals surface area (Å²) in [5, 5.41) is 0. The topological polar surface area (TPSA) is 60.2 Å². The van der Waals surface area contributed by atoms with Gasteiger partial charge in [-0.3, -0.25) is 9.59 Å². The molecule has 3 heteroatoms. The summed E-state index contributed by atoms with van der Waals surface area (Å²) in [7, 11) is 0. The summed E-state index contributed by atoms with van der Waals surface area (Å²) in [5.74, 6) is -0.839. The second-order valence-corrected chi connectivity index (χ2v) is 2.81. The largest absolute Gasteiger partial charge is 0.315 e. The Kier molecular flexibility index (Phi) is 3.31. The van der Waals surface area contributed by atoms with Crippen LogP contribution in [0.25, 0.3) is 0 Å². The molecule has 0 aromatic heterocycles. The van der Waals surface area contributed by atoms with Gasteiger partial charge in [-0.1, -0.05) is 36.9 Å². The van der Waals surface area contributed by atoms with Gasteiger partial charge in [0.2, 0.25) is 0 Å². The lowest BCUT2D eigenvalue weighted by molar-refractivity contribution is -0.114. The highest BCUT2D eigenvalue weighted by atomic mass is 16.2. The maximum atomic E-state index is 11.6. The van der Waals surface area contributed by atoms with Gasteiger partial charge in [-0.25, -0.2) is 0 Å². The summed E-state index contributed by atoms with van der Waals surface area (Å²) in [6.45, 7) is 3.28. The van der Waals surface area contributed by atoms with Gasteiger partial charge in [0.1, 0.15) is 6.04 Å². The normalized spacial score (nSPS) is 11.8. The summed E-state index contributed by atoms with van der Waals surface area (Å²) < 4.78 is 0. The number of ketones is 2. The number of hydrogen-bond acceptors (Lipinski definition) is 3. The lowest BCUT2D eigenvalue weighted by Crippen LogP contribution is -2.37. The summed E-state index contributed by atoms with van der Waals surface area (Å²) in [4.78, 5) is 22.6. The SMILES string of the molecule is C=CC(=O)C(N)C(=O)c1ccccc1. The van der Waals surface area contributed by atoms with Gasteiger partial charge in [-0.15, -0.1) is 0 Å². The highest BCUT2D eigenvalue weighted by Crippen LogP contribution is 2.02. The van der Waals surface area contributed by atoms with E-state index in [2.05, 4.69) is 6.58 Å². The van der Waals surface area contributed by atoms with Crippen molar-refractivity contribution >= 4 is 11.6 Å². The molecule has 0 aliphatic rings. The summed E-state index contributed by atoms with van der Waals surface area (Å²) >= 11 is 0. The molecule has 0 fully saturated rings. The first-order valence-corrected chi connectivity index (χ1v) is 4.18. The zero-order valence-electron chi connectivity index (χ0n) is 7.64. The summed E-state index contributed by atoms with van der Waals surface area (Å²) in [6, 6.07) is 7.35. The molecule has 0 bridgehead atoms. The molecule has 14 heavy (non-hydrogen) atoms. The molecule has 0 radical (unpaired) electrons. The van der Waals surface area contributed by atoms with Crippen LogP contribution in [-0.2, 0) is 4.79 Å². The Balaban J connectivity index is 2.86. The number of carbonyl (C=O) groups is 2. The van der Waals surface area contributed by atoms with E-state index in [1.165, 1.54) is 0 Å². The van der Waals surface area contributed by atoms with E-state index in [1.54, 1.807) is 30.3 Å². The van der Waals surface area contributed by atoms with E-state index in [0.29, 0.717) is 5.56 Å². The molecule has 3 nitrogen and oxygen atoms in total. The average Bonchev–Trinajstić information content (AvgIpc) is 2.27. The van der Waals surface area contributed by atoms with Gasteiger partial charge in [0.05, 0.1) is 0 Å². The number of rotatable bonds is 4. The number of Topliss-reactive ketones (excluding diaryl/α,β-unsaturated/α-hetero) is 1. The first-order valence-electron chi connectivity index (χ1n) is 4.18. The van der Waals surface area contributed by atoms with Crippen LogP contribution in [-0.4, -0.2) is 17.6 Å². The van der Waals surface area contributed by atoms with Crippen LogP contribution in [0.3, 0.4) is 0 Å². The molecule has 72 valence electrons. The van der Waals surface area contributed by atoms with Crippen LogP contribution < -0.4 is 5.73 Å². The molecule has 1 aromatic rings. The van der Waals surface area contributed by atoms with Crippen LogP contribution in [0.2, 0.25) is 0 Å². The molecule has 0 saturated heterocycles. The van der Waals surface area contributed by atoms with E-state index in [0.717, 1.165) is 6.08 Å². The van der Waals surface area contributed by atoms with Crippen molar-refractivity contribution in [3.8, 4) is 0 Å². The van der Waals surface area contributed by atoms with Crippen LogP contribution in [0, 0.1) is 0 Å². The second kappa shape index (κ2) is 4.48. The van der Waals surface area contributed by atoms with E-state index >= 15 is 0 Å². The van der Waals surface area contributed by atoms with E-state index in [4.69, 9.17) is 5.73 Å². The van der Waals surface area contributed by atoms with Crippen LogP contribution in [0.1, 0.15) is 10.4 Å². The average molecular weight is 189 g/mol. The summed E-state index contributed by atoms with van der Waals surface area (Å²) in [5.41, 5.74) is 5.87. The molecular formula is C11H11NO2. The second-order valence-electron chi connectivity index (χ2n) is 2.81. The van der Waals surface area contributed by atoms with Crippen LogP contribution in [0.15, 0.2) is 43.0 Å². The lowest BCUT2D eigenvalue weighted by Gasteiger charge is -2.06. The number of nitrogens with two attached hydrogens (primary N) is 1. The predicted molar refractivity (Wildman–Crippen MR) is 54.0 cm³/mol. The van der Waals surface area contributed by atoms with E-state index in [1.807, 2.05) is 0 Å². The van der Waals surface area contributed by atoms with E-state index in [9.17, 15) is 9.59 Å².